The molecule has 0 spiro atoms. The summed E-state index contributed by atoms with van der Waals surface area (Å²) in [4.78, 5) is 0. The van der Waals surface area contributed by atoms with Crippen molar-refractivity contribution in [3.05, 3.63) is 0 Å². The molecular formula is C11H19N. The average Bonchev–Trinajstić information content (AvgIpc) is 2.02. The maximum atomic E-state index is 5.18. The molecule has 1 rings (SSSR count). The van der Waals surface area contributed by atoms with Crippen LogP contribution in [0.15, 0.2) is 0 Å². The molecule has 0 heterocycles. The van der Waals surface area contributed by atoms with E-state index in [1.807, 2.05) is 0 Å². The predicted octanol–water partition coefficient (Wildman–Crippen LogP) is 2.32. The Morgan fingerprint density at radius 2 is 2.25 bits per heavy atom. The lowest BCUT2D eigenvalue weighted by atomic mass is 9.75. The third-order valence-corrected chi connectivity index (χ3v) is 2.99. The summed E-state index contributed by atoms with van der Waals surface area (Å²) in [6, 6.07) is 0. The first-order valence-corrected chi connectivity index (χ1v) is 5.01. The summed E-state index contributed by atoms with van der Waals surface area (Å²) < 4.78 is 0. The SMILES string of the molecule is C#CCCCNC1(CC)CCC1. The van der Waals surface area contributed by atoms with Gasteiger partial charge in [0.2, 0.25) is 0 Å². The van der Waals surface area contributed by atoms with Crippen LogP contribution in [0.1, 0.15) is 45.4 Å². The molecule has 68 valence electrons. The Morgan fingerprint density at radius 1 is 1.50 bits per heavy atom. The minimum atomic E-state index is 0.495. The Kier molecular flexibility index (Phi) is 3.62. The van der Waals surface area contributed by atoms with E-state index in [1.165, 1.54) is 25.7 Å². The van der Waals surface area contributed by atoms with Gasteiger partial charge in [-0.3, -0.25) is 0 Å². The minimum Gasteiger partial charge on any atom is -0.311 e. The second-order valence-electron chi connectivity index (χ2n) is 3.72. The van der Waals surface area contributed by atoms with Crippen molar-refractivity contribution in [1.82, 2.24) is 5.32 Å². The molecule has 0 aromatic rings. The molecule has 1 aliphatic rings. The van der Waals surface area contributed by atoms with Gasteiger partial charge in [0.05, 0.1) is 0 Å². The number of nitrogens with one attached hydrogen (secondary N) is 1. The molecule has 0 bridgehead atoms. The quantitative estimate of drug-likeness (QED) is 0.487. The normalized spacial score (nSPS) is 19.7. The number of hydrogen-bond acceptors (Lipinski definition) is 1. The number of hydrogen-bond donors (Lipinski definition) is 1. The van der Waals surface area contributed by atoms with Crippen molar-refractivity contribution in [3.63, 3.8) is 0 Å². The molecule has 12 heavy (non-hydrogen) atoms. The van der Waals surface area contributed by atoms with Gasteiger partial charge in [-0.2, -0.15) is 0 Å². The van der Waals surface area contributed by atoms with Gasteiger partial charge in [0, 0.05) is 12.0 Å². The zero-order valence-corrected chi connectivity index (χ0v) is 8.03. The van der Waals surface area contributed by atoms with Gasteiger partial charge in [-0.1, -0.05) is 6.92 Å². The predicted molar refractivity (Wildman–Crippen MR) is 52.9 cm³/mol. The van der Waals surface area contributed by atoms with Gasteiger partial charge in [-0.15, -0.1) is 12.3 Å². The van der Waals surface area contributed by atoms with Crippen molar-refractivity contribution in [2.24, 2.45) is 0 Å². The molecule has 1 aliphatic carbocycles. The fourth-order valence-corrected chi connectivity index (χ4v) is 1.80. The zero-order valence-electron chi connectivity index (χ0n) is 8.03. The van der Waals surface area contributed by atoms with E-state index in [2.05, 4.69) is 18.2 Å². The van der Waals surface area contributed by atoms with Crippen LogP contribution in [0, 0.1) is 12.3 Å². The fourth-order valence-electron chi connectivity index (χ4n) is 1.80. The summed E-state index contributed by atoms with van der Waals surface area (Å²) in [6.45, 7) is 3.37. The summed E-state index contributed by atoms with van der Waals surface area (Å²) in [7, 11) is 0. The van der Waals surface area contributed by atoms with Crippen LogP contribution in [-0.4, -0.2) is 12.1 Å². The molecule has 0 amide bonds. The van der Waals surface area contributed by atoms with E-state index in [0.717, 1.165) is 19.4 Å². The summed E-state index contributed by atoms with van der Waals surface area (Å²) >= 11 is 0. The zero-order chi connectivity index (χ0) is 8.86. The topological polar surface area (TPSA) is 12.0 Å². The molecular weight excluding hydrogens is 146 g/mol. The Labute approximate surface area is 75.9 Å². The monoisotopic (exact) mass is 165 g/mol. The van der Waals surface area contributed by atoms with Gasteiger partial charge in [0.1, 0.15) is 0 Å². The van der Waals surface area contributed by atoms with Crippen molar-refractivity contribution < 1.29 is 0 Å². The van der Waals surface area contributed by atoms with E-state index >= 15 is 0 Å². The highest BCUT2D eigenvalue weighted by atomic mass is 15.0. The highest BCUT2D eigenvalue weighted by Gasteiger charge is 2.33. The molecule has 1 heteroatoms. The van der Waals surface area contributed by atoms with Gasteiger partial charge < -0.3 is 5.32 Å². The molecule has 0 radical (unpaired) electrons. The molecule has 1 nitrogen and oxygen atoms in total. The van der Waals surface area contributed by atoms with Crippen molar-refractivity contribution in [3.8, 4) is 12.3 Å². The summed E-state index contributed by atoms with van der Waals surface area (Å²) in [5.41, 5.74) is 0.495. The first-order valence-electron chi connectivity index (χ1n) is 5.01. The Hall–Kier alpha value is -0.480. The molecule has 0 unspecified atom stereocenters. The number of terminal acetylenes is 1. The van der Waals surface area contributed by atoms with Gasteiger partial charge in [0.15, 0.2) is 0 Å². The highest BCUT2D eigenvalue weighted by molar-refractivity contribution is 4.94. The van der Waals surface area contributed by atoms with E-state index < -0.39 is 0 Å². The van der Waals surface area contributed by atoms with Crippen LogP contribution in [0.3, 0.4) is 0 Å². The van der Waals surface area contributed by atoms with Crippen molar-refractivity contribution in [1.29, 1.82) is 0 Å². The standard InChI is InChI=1S/C11H19N/c1-3-5-6-10-12-11(4-2)8-7-9-11/h1,12H,4-10H2,2H3. The van der Waals surface area contributed by atoms with Crippen LogP contribution < -0.4 is 5.32 Å². The molecule has 0 saturated heterocycles. The largest absolute Gasteiger partial charge is 0.311 e. The van der Waals surface area contributed by atoms with Gasteiger partial charge in [0.25, 0.3) is 0 Å². The number of rotatable bonds is 5. The van der Waals surface area contributed by atoms with Crippen molar-refractivity contribution >= 4 is 0 Å². The first-order chi connectivity index (χ1) is 5.83. The van der Waals surface area contributed by atoms with Crippen LogP contribution in [0.4, 0.5) is 0 Å². The molecule has 1 fully saturated rings. The third-order valence-electron chi connectivity index (χ3n) is 2.99. The van der Waals surface area contributed by atoms with Gasteiger partial charge in [-0.05, 0) is 38.6 Å². The van der Waals surface area contributed by atoms with Crippen LogP contribution in [-0.2, 0) is 0 Å². The Balaban J connectivity index is 2.09. The van der Waals surface area contributed by atoms with Gasteiger partial charge >= 0.3 is 0 Å². The number of unbranched alkanes of at least 4 members (excludes halogenated alkanes) is 1. The smallest absolute Gasteiger partial charge is 0.0178 e. The maximum Gasteiger partial charge on any atom is 0.0178 e. The third kappa shape index (κ3) is 2.25. The van der Waals surface area contributed by atoms with E-state index in [1.54, 1.807) is 0 Å². The first kappa shape index (κ1) is 9.61. The summed E-state index contributed by atoms with van der Waals surface area (Å²) in [5.74, 6) is 2.67. The van der Waals surface area contributed by atoms with Gasteiger partial charge in [-0.25, -0.2) is 0 Å². The van der Waals surface area contributed by atoms with Crippen molar-refractivity contribution in [2.45, 2.75) is 51.0 Å². The molecule has 0 aromatic heterocycles. The van der Waals surface area contributed by atoms with Crippen LogP contribution >= 0.6 is 0 Å². The maximum absolute atomic E-state index is 5.18. The van der Waals surface area contributed by atoms with Crippen LogP contribution in [0.25, 0.3) is 0 Å². The fraction of sp³-hybridized carbons (Fsp3) is 0.818. The van der Waals surface area contributed by atoms with Crippen molar-refractivity contribution in [2.75, 3.05) is 6.54 Å². The van der Waals surface area contributed by atoms with Crippen LogP contribution in [0.2, 0.25) is 0 Å². The second kappa shape index (κ2) is 4.52. The molecule has 0 atom stereocenters. The van der Waals surface area contributed by atoms with E-state index in [4.69, 9.17) is 6.42 Å². The highest BCUT2D eigenvalue weighted by Crippen LogP contribution is 2.34. The minimum absolute atomic E-state index is 0.495. The summed E-state index contributed by atoms with van der Waals surface area (Å²) in [5, 5.41) is 3.62. The lowest BCUT2D eigenvalue weighted by Gasteiger charge is -2.42. The Bertz CT molecular complexity index is 157. The second-order valence-corrected chi connectivity index (χ2v) is 3.72. The lowest BCUT2D eigenvalue weighted by Crippen LogP contribution is -2.50. The average molecular weight is 165 g/mol. The summed E-state index contributed by atoms with van der Waals surface area (Å²) in [6.07, 6.45) is 12.6. The molecule has 0 aliphatic heterocycles. The molecule has 1 N–H and O–H groups in total. The van der Waals surface area contributed by atoms with E-state index in [0.29, 0.717) is 5.54 Å². The molecule has 1 saturated carbocycles. The molecule has 0 aromatic carbocycles. The van der Waals surface area contributed by atoms with Crippen LogP contribution in [0.5, 0.6) is 0 Å². The van der Waals surface area contributed by atoms with E-state index in [9.17, 15) is 0 Å². The van der Waals surface area contributed by atoms with E-state index in [-0.39, 0.29) is 0 Å². The Morgan fingerprint density at radius 3 is 2.67 bits per heavy atom. The lowest BCUT2D eigenvalue weighted by molar-refractivity contribution is 0.178.